The highest BCUT2D eigenvalue weighted by Gasteiger charge is 2.03. The number of nitrogens with one attached hydrogen (secondary N) is 2. The van der Waals surface area contributed by atoms with Crippen molar-refractivity contribution in [2.75, 3.05) is 11.9 Å². The van der Waals surface area contributed by atoms with Crippen molar-refractivity contribution in [1.29, 1.82) is 0 Å². The summed E-state index contributed by atoms with van der Waals surface area (Å²) in [5.41, 5.74) is 0.793. The predicted molar refractivity (Wildman–Crippen MR) is 63.0 cm³/mol. The van der Waals surface area contributed by atoms with E-state index in [1.807, 2.05) is 6.92 Å². The minimum atomic E-state index is -0.438. The summed E-state index contributed by atoms with van der Waals surface area (Å²) in [5.74, 6) is 0. The maximum Gasteiger partial charge on any atom is 0.269 e. The molecule has 0 unspecified atom stereocenters. The number of anilines is 1. The van der Waals surface area contributed by atoms with Gasteiger partial charge in [-0.1, -0.05) is 0 Å². The lowest BCUT2D eigenvalue weighted by Crippen LogP contribution is -2.27. The molecule has 0 radical (unpaired) electrons. The summed E-state index contributed by atoms with van der Waals surface area (Å²) < 4.78 is 0. The third-order valence-corrected chi connectivity index (χ3v) is 1.92. The van der Waals surface area contributed by atoms with E-state index in [1.54, 1.807) is 12.1 Å². The van der Waals surface area contributed by atoms with Gasteiger partial charge in [0.25, 0.3) is 5.69 Å². The van der Waals surface area contributed by atoms with Crippen molar-refractivity contribution in [3.05, 3.63) is 34.4 Å². The molecule has 0 aliphatic carbocycles. The van der Waals surface area contributed by atoms with Crippen LogP contribution in [0.25, 0.3) is 0 Å². The molecule has 0 spiro atoms. The summed E-state index contributed by atoms with van der Waals surface area (Å²) in [6.45, 7) is 2.67. The van der Waals surface area contributed by atoms with Gasteiger partial charge in [-0.15, -0.1) is 0 Å². The van der Waals surface area contributed by atoms with E-state index >= 15 is 0 Å². The van der Waals surface area contributed by atoms with Crippen molar-refractivity contribution < 1.29 is 4.92 Å². The molecule has 0 aromatic heterocycles. The Hall–Kier alpha value is -1.69. The van der Waals surface area contributed by atoms with E-state index in [-0.39, 0.29) is 5.69 Å². The topological polar surface area (TPSA) is 67.2 Å². The first-order chi connectivity index (χ1) is 7.13. The van der Waals surface area contributed by atoms with Crippen LogP contribution in [-0.4, -0.2) is 16.6 Å². The van der Waals surface area contributed by atoms with E-state index < -0.39 is 4.92 Å². The van der Waals surface area contributed by atoms with Crippen LogP contribution >= 0.6 is 12.2 Å². The van der Waals surface area contributed by atoms with Gasteiger partial charge in [-0.2, -0.15) is 0 Å². The number of nitro groups is 1. The number of hydrogen-bond donors (Lipinski definition) is 2. The minimum Gasteiger partial charge on any atom is -0.363 e. The van der Waals surface area contributed by atoms with Crippen molar-refractivity contribution >= 4 is 28.7 Å². The maximum atomic E-state index is 10.4. The summed E-state index contributed by atoms with van der Waals surface area (Å²) in [7, 11) is 0. The molecule has 0 aliphatic heterocycles. The largest absolute Gasteiger partial charge is 0.363 e. The fourth-order valence-corrected chi connectivity index (χ4v) is 1.26. The Morgan fingerprint density at radius 2 is 2.07 bits per heavy atom. The summed E-state index contributed by atoms with van der Waals surface area (Å²) in [6, 6.07) is 6.08. The minimum absolute atomic E-state index is 0.0647. The van der Waals surface area contributed by atoms with Gasteiger partial charge in [0.2, 0.25) is 0 Å². The molecule has 0 atom stereocenters. The number of rotatable bonds is 3. The van der Waals surface area contributed by atoms with E-state index in [4.69, 9.17) is 12.2 Å². The number of nitrogens with zero attached hydrogens (tertiary/aromatic N) is 1. The molecule has 0 saturated heterocycles. The lowest BCUT2D eigenvalue weighted by molar-refractivity contribution is -0.384. The van der Waals surface area contributed by atoms with Crippen LogP contribution in [0.3, 0.4) is 0 Å². The Kier molecular flexibility index (Phi) is 3.99. The van der Waals surface area contributed by atoms with Crippen molar-refractivity contribution in [3.63, 3.8) is 0 Å². The smallest absolute Gasteiger partial charge is 0.269 e. The van der Waals surface area contributed by atoms with E-state index in [2.05, 4.69) is 10.6 Å². The van der Waals surface area contributed by atoms with E-state index in [9.17, 15) is 10.1 Å². The molecule has 2 N–H and O–H groups in total. The SMILES string of the molecule is CCNC(=S)Nc1ccc([N+](=O)[O-])cc1. The van der Waals surface area contributed by atoms with Gasteiger partial charge in [0, 0.05) is 24.4 Å². The second-order valence-corrected chi connectivity index (χ2v) is 3.20. The van der Waals surface area contributed by atoms with Gasteiger partial charge in [0.1, 0.15) is 0 Å². The van der Waals surface area contributed by atoms with Crippen LogP contribution in [0.4, 0.5) is 11.4 Å². The second kappa shape index (κ2) is 5.26. The Bertz CT molecular complexity index is 364. The second-order valence-electron chi connectivity index (χ2n) is 2.79. The number of nitro benzene ring substituents is 1. The summed E-state index contributed by atoms with van der Waals surface area (Å²) >= 11 is 4.96. The van der Waals surface area contributed by atoms with E-state index in [0.717, 1.165) is 12.2 Å². The molecule has 0 heterocycles. The zero-order valence-electron chi connectivity index (χ0n) is 8.19. The monoisotopic (exact) mass is 225 g/mol. The Labute approximate surface area is 92.6 Å². The number of thiocarbonyl (C=S) groups is 1. The van der Waals surface area contributed by atoms with Crippen molar-refractivity contribution in [1.82, 2.24) is 5.32 Å². The molecule has 80 valence electrons. The van der Waals surface area contributed by atoms with Crippen LogP contribution in [0.15, 0.2) is 24.3 Å². The summed E-state index contributed by atoms with van der Waals surface area (Å²) in [6.07, 6.45) is 0. The normalized spacial score (nSPS) is 9.40. The van der Waals surface area contributed by atoms with E-state index in [0.29, 0.717) is 5.11 Å². The lowest BCUT2D eigenvalue weighted by Gasteiger charge is -2.07. The zero-order valence-corrected chi connectivity index (χ0v) is 9.00. The first-order valence-corrected chi connectivity index (χ1v) is 4.83. The average molecular weight is 225 g/mol. The van der Waals surface area contributed by atoms with Gasteiger partial charge in [0.05, 0.1) is 4.92 Å². The first-order valence-electron chi connectivity index (χ1n) is 4.42. The van der Waals surface area contributed by atoms with Crippen LogP contribution < -0.4 is 10.6 Å². The zero-order chi connectivity index (χ0) is 11.3. The maximum absolute atomic E-state index is 10.4. The van der Waals surface area contributed by atoms with Gasteiger partial charge in [0.15, 0.2) is 5.11 Å². The summed E-state index contributed by atoms with van der Waals surface area (Å²) in [4.78, 5) is 9.95. The van der Waals surface area contributed by atoms with Gasteiger partial charge < -0.3 is 10.6 Å². The predicted octanol–water partition coefficient (Wildman–Crippen LogP) is 1.90. The third kappa shape index (κ3) is 3.51. The molecule has 0 aliphatic rings. The molecule has 0 fully saturated rings. The Morgan fingerprint density at radius 3 is 2.53 bits per heavy atom. The molecular formula is C9H11N3O2S. The average Bonchev–Trinajstić information content (AvgIpc) is 2.18. The standard InChI is InChI=1S/C9H11N3O2S/c1-2-10-9(15)11-7-3-5-8(6-4-7)12(13)14/h3-6H,2H2,1H3,(H2,10,11,15). The van der Waals surface area contributed by atoms with Gasteiger partial charge in [-0.05, 0) is 31.3 Å². The molecular weight excluding hydrogens is 214 g/mol. The van der Waals surface area contributed by atoms with Gasteiger partial charge in [-0.3, -0.25) is 10.1 Å². The molecule has 1 aromatic rings. The van der Waals surface area contributed by atoms with Crippen LogP contribution in [0.2, 0.25) is 0 Å². The molecule has 6 heteroatoms. The molecule has 0 saturated carbocycles. The lowest BCUT2D eigenvalue weighted by atomic mass is 10.3. The van der Waals surface area contributed by atoms with Crippen LogP contribution in [0.1, 0.15) is 6.92 Å². The third-order valence-electron chi connectivity index (χ3n) is 1.67. The fraction of sp³-hybridized carbons (Fsp3) is 0.222. The highest BCUT2D eigenvalue weighted by Crippen LogP contribution is 2.14. The molecule has 5 nitrogen and oxygen atoms in total. The number of benzene rings is 1. The number of hydrogen-bond acceptors (Lipinski definition) is 3. The fourth-order valence-electron chi connectivity index (χ4n) is 1.00. The van der Waals surface area contributed by atoms with Crippen molar-refractivity contribution in [3.8, 4) is 0 Å². The molecule has 15 heavy (non-hydrogen) atoms. The highest BCUT2D eigenvalue weighted by molar-refractivity contribution is 7.80. The summed E-state index contributed by atoms with van der Waals surface area (Å²) in [5, 5.41) is 16.7. The van der Waals surface area contributed by atoms with Gasteiger partial charge >= 0.3 is 0 Å². The first kappa shape index (κ1) is 11.4. The van der Waals surface area contributed by atoms with Gasteiger partial charge in [-0.25, -0.2) is 0 Å². The molecule has 1 aromatic carbocycles. The molecule has 0 bridgehead atoms. The number of non-ortho nitro benzene ring substituents is 1. The highest BCUT2D eigenvalue weighted by atomic mass is 32.1. The van der Waals surface area contributed by atoms with Crippen LogP contribution in [0, 0.1) is 10.1 Å². The van der Waals surface area contributed by atoms with Crippen LogP contribution in [0.5, 0.6) is 0 Å². The Morgan fingerprint density at radius 1 is 1.47 bits per heavy atom. The quantitative estimate of drug-likeness (QED) is 0.467. The van der Waals surface area contributed by atoms with E-state index in [1.165, 1.54) is 12.1 Å². The van der Waals surface area contributed by atoms with Crippen molar-refractivity contribution in [2.45, 2.75) is 6.92 Å². The van der Waals surface area contributed by atoms with Crippen molar-refractivity contribution in [2.24, 2.45) is 0 Å². The Balaban J connectivity index is 2.64. The molecule has 0 amide bonds. The van der Waals surface area contributed by atoms with Crippen LogP contribution in [-0.2, 0) is 0 Å². The molecule has 1 rings (SSSR count).